The van der Waals surface area contributed by atoms with Gasteiger partial charge in [-0.2, -0.15) is 0 Å². The molecule has 3 nitrogen and oxygen atoms in total. The first-order chi connectivity index (χ1) is 11.4. The molecule has 0 atom stereocenters. The van der Waals surface area contributed by atoms with E-state index in [0.717, 1.165) is 21.3 Å². The van der Waals surface area contributed by atoms with Crippen LogP contribution in [0.1, 0.15) is 11.1 Å². The summed E-state index contributed by atoms with van der Waals surface area (Å²) < 4.78 is 6.32. The largest absolute Gasteiger partial charge is 0.422 e. The van der Waals surface area contributed by atoms with E-state index in [9.17, 15) is 4.79 Å². The van der Waals surface area contributed by atoms with Gasteiger partial charge in [0.2, 0.25) is 0 Å². The van der Waals surface area contributed by atoms with Crippen molar-refractivity contribution in [2.75, 3.05) is 19.0 Å². The molecule has 0 radical (unpaired) electrons. The first-order valence-corrected chi connectivity index (χ1v) is 8.49. The maximum atomic E-state index is 12.1. The highest BCUT2D eigenvalue weighted by molar-refractivity contribution is 9.10. The Bertz CT molecular complexity index is 854. The van der Waals surface area contributed by atoms with Gasteiger partial charge in [0.05, 0.1) is 11.3 Å². The third-order valence-corrected chi connectivity index (χ3v) is 4.52. The second-order valence-electron chi connectivity index (χ2n) is 5.61. The average Bonchev–Trinajstić information content (AvgIpc) is 2.88. The van der Waals surface area contributed by atoms with Crippen molar-refractivity contribution in [1.82, 2.24) is 0 Å². The van der Waals surface area contributed by atoms with Crippen LogP contribution in [0.5, 0.6) is 0 Å². The standard InChI is InChI=1S/C19H15BrClNO2/c1-22(2)17-8-3-12(10-16(17)20)9-14-11-18(24-19(14)23)13-4-6-15(21)7-5-13/h3-11H,1-2H3/b14-9-. The van der Waals surface area contributed by atoms with Crippen LogP contribution in [-0.4, -0.2) is 20.1 Å². The number of ether oxygens (including phenoxy) is 1. The lowest BCUT2D eigenvalue weighted by Gasteiger charge is -2.14. The fourth-order valence-electron chi connectivity index (χ4n) is 2.40. The second-order valence-corrected chi connectivity index (χ2v) is 6.90. The smallest absolute Gasteiger partial charge is 0.343 e. The van der Waals surface area contributed by atoms with Gasteiger partial charge in [-0.25, -0.2) is 4.79 Å². The quantitative estimate of drug-likeness (QED) is 0.523. The van der Waals surface area contributed by atoms with Crippen molar-refractivity contribution in [3.05, 3.63) is 74.7 Å². The van der Waals surface area contributed by atoms with Crippen molar-refractivity contribution in [2.45, 2.75) is 0 Å². The van der Waals surface area contributed by atoms with Gasteiger partial charge in [-0.15, -0.1) is 0 Å². The number of cyclic esters (lactones) is 1. The predicted octanol–water partition coefficient (Wildman–Crippen LogP) is 5.15. The Morgan fingerprint density at radius 2 is 1.83 bits per heavy atom. The summed E-state index contributed by atoms with van der Waals surface area (Å²) in [6, 6.07) is 13.1. The Balaban J connectivity index is 1.91. The number of anilines is 1. The van der Waals surface area contributed by atoms with Gasteiger partial charge in [-0.05, 0) is 70.0 Å². The third-order valence-electron chi connectivity index (χ3n) is 3.63. The summed E-state index contributed by atoms with van der Waals surface area (Å²) in [7, 11) is 3.96. The van der Waals surface area contributed by atoms with Gasteiger partial charge in [-0.3, -0.25) is 0 Å². The zero-order chi connectivity index (χ0) is 17.3. The second kappa shape index (κ2) is 6.83. The molecule has 1 aliphatic heterocycles. The zero-order valence-electron chi connectivity index (χ0n) is 13.2. The minimum atomic E-state index is -0.354. The number of esters is 1. The highest BCUT2D eigenvalue weighted by Crippen LogP contribution is 2.30. The molecule has 0 aliphatic carbocycles. The van der Waals surface area contributed by atoms with Gasteiger partial charge in [0.25, 0.3) is 0 Å². The third kappa shape index (κ3) is 3.55. The Kier molecular flexibility index (Phi) is 4.78. The number of nitrogens with zero attached hydrogens (tertiary/aromatic N) is 1. The van der Waals surface area contributed by atoms with Gasteiger partial charge >= 0.3 is 5.97 Å². The minimum absolute atomic E-state index is 0.354. The molecule has 24 heavy (non-hydrogen) atoms. The first-order valence-electron chi connectivity index (χ1n) is 7.32. The molecule has 0 saturated carbocycles. The maximum Gasteiger partial charge on any atom is 0.343 e. The SMILES string of the molecule is CN(C)c1ccc(/C=C2/C=C(c3ccc(Cl)cc3)OC2=O)cc1Br. The molecule has 122 valence electrons. The molecule has 0 aromatic heterocycles. The highest BCUT2D eigenvalue weighted by atomic mass is 79.9. The average molecular weight is 405 g/mol. The molecule has 2 aromatic carbocycles. The van der Waals surface area contributed by atoms with Crippen LogP contribution in [-0.2, 0) is 9.53 Å². The topological polar surface area (TPSA) is 29.5 Å². The van der Waals surface area contributed by atoms with Crippen LogP contribution < -0.4 is 4.90 Å². The van der Waals surface area contributed by atoms with Gasteiger partial charge < -0.3 is 9.64 Å². The minimum Gasteiger partial charge on any atom is -0.422 e. The van der Waals surface area contributed by atoms with E-state index in [2.05, 4.69) is 15.9 Å². The van der Waals surface area contributed by atoms with Crippen molar-refractivity contribution < 1.29 is 9.53 Å². The van der Waals surface area contributed by atoms with Gasteiger partial charge in [-0.1, -0.05) is 17.7 Å². The summed E-state index contributed by atoms with van der Waals surface area (Å²) in [5.74, 6) is 0.180. The zero-order valence-corrected chi connectivity index (χ0v) is 15.6. The van der Waals surface area contributed by atoms with Gasteiger partial charge in [0.15, 0.2) is 0 Å². The van der Waals surface area contributed by atoms with Crippen LogP contribution in [0.15, 0.2) is 58.6 Å². The molecule has 0 N–H and O–H groups in total. The van der Waals surface area contributed by atoms with E-state index in [1.165, 1.54) is 0 Å². The van der Waals surface area contributed by atoms with Crippen molar-refractivity contribution in [3.63, 3.8) is 0 Å². The molecule has 0 bridgehead atoms. The molecule has 1 aliphatic rings. The summed E-state index contributed by atoms with van der Waals surface area (Å²) in [6.07, 6.45) is 3.56. The van der Waals surface area contributed by atoms with Crippen LogP contribution in [0, 0.1) is 0 Å². The molecule has 0 amide bonds. The molecule has 3 rings (SSSR count). The van der Waals surface area contributed by atoms with E-state index in [4.69, 9.17) is 16.3 Å². The molecular formula is C19H15BrClNO2. The van der Waals surface area contributed by atoms with Crippen LogP contribution in [0.3, 0.4) is 0 Å². The molecule has 1 heterocycles. The summed E-state index contributed by atoms with van der Waals surface area (Å²) >= 11 is 9.44. The van der Waals surface area contributed by atoms with E-state index in [1.54, 1.807) is 18.2 Å². The highest BCUT2D eigenvalue weighted by Gasteiger charge is 2.22. The number of rotatable bonds is 3. The van der Waals surface area contributed by atoms with E-state index in [0.29, 0.717) is 16.4 Å². The van der Waals surface area contributed by atoms with Crippen molar-refractivity contribution in [1.29, 1.82) is 0 Å². The normalized spacial score (nSPS) is 15.4. The number of hydrogen-bond acceptors (Lipinski definition) is 3. The van der Waals surface area contributed by atoms with Gasteiger partial charge in [0.1, 0.15) is 5.76 Å². The fourth-order valence-corrected chi connectivity index (χ4v) is 3.28. The van der Waals surface area contributed by atoms with E-state index < -0.39 is 0 Å². The number of carbonyl (C=O) groups is 1. The van der Waals surface area contributed by atoms with Crippen molar-refractivity contribution in [3.8, 4) is 0 Å². The molecule has 0 unspecified atom stereocenters. The summed E-state index contributed by atoms with van der Waals surface area (Å²) in [5, 5.41) is 0.644. The number of carbonyl (C=O) groups excluding carboxylic acids is 1. The van der Waals surface area contributed by atoms with E-state index in [-0.39, 0.29) is 5.97 Å². The number of halogens is 2. The first kappa shape index (κ1) is 16.8. The summed E-state index contributed by atoms with van der Waals surface area (Å²) in [5.41, 5.74) is 3.33. The lowest BCUT2D eigenvalue weighted by atomic mass is 10.1. The van der Waals surface area contributed by atoms with Crippen LogP contribution in [0.4, 0.5) is 5.69 Å². The van der Waals surface area contributed by atoms with Gasteiger partial charge in [0, 0.05) is 29.2 Å². The lowest BCUT2D eigenvalue weighted by molar-refractivity contribution is -0.130. The molecule has 0 fully saturated rings. The van der Waals surface area contributed by atoms with Crippen molar-refractivity contribution >= 4 is 51.0 Å². The monoisotopic (exact) mass is 403 g/mol. The van der Waals surface area contributed by atoms with Crippen LogP contribution in [0.25, 0.3) is 11.8 Å². The van der Waals surface area contributed by atoms with Crippen molar-refractivity contribution in [2.24, 2.45) is 0 Å². The molecule has 0 spiro atoms. The molecule has 5 heteroatoms. The summed E-state index contributed by atoms with van der Waals surface area (Å²) in [6.45, 7) is 0. The molecule has 2 aromatic rings. The lowest BCUT2D eigenvalue weighted by Crippen LogP contribution is -2.09. The number of hydrogen-bond donors (Lipinski definition) is 0. The molecular weight excluding hydrogens is 390 g/mol. The maximum absolute atomic E-state index is 12.1. The Labute approximate surface area is 154 Å². The number of benzene rings is 2. The Morgan fingerprint density at radius 3 is 2.46 bits per heavy atom. The fraction of sp³-hybridized carbons (Fsp3) is 0.105. The van der Waals surface area contributed by atoms with E-state index in [1.807, 2.05) is 55.4 Å². The predicted molar refractivity (Wildman–Crippen MR) is 102 cm³/mol. The Morgan fingerprint density at radius 1 is 1.12 bits per heavy atom. The molecule has 0 saturated heterocycles. The van der Waals surface area contributed by atoms with Crippen LogP contribution in [0.2, 0.25) is 5.02 Å². The Hall–Kier alpha value is -2.04. The van der Waals surface area contributed by atoms with E-state index >= 15 is 0 Å². The summed E-state index contributed by atoms with van der Waals surface area (Å²) in [4.78, 5) is 14.1. The van der Waals surface area contributed by atoms with Crippen LogP contribution >= 0.6 is 27.5 Å².